The van der Waals surface area contributed by atoms with Gasteiger partial charge in [-0.3, -0.25) is 13.9 Å². The summed E-state index contributed by atoms with van der Waals surface area (Å²) in [5.41, 5.74) is 1.56. The number of nitrogens with one attached hydrogen (secondary N) is 1. The molecule has 0 aromatic heterocycles. The molecular formula is C30H35Cl2N3O5S. The number of methoxy groups -OCH3 is 1. The van der Waals surface area contributed by atoms with Crippen molar-refractivity contribution in [1.29, 1.82) is 0 Å². The van der Waals surface area contributed by atoms with Gasteiger partial charge in [0.05, 0.1) is 19.1 Å². The van der Waals surface area contributed by atoms with Crippen LogP contribution in [0.4, 0.5) is 5.69 Å². The smallest absolute Gasteiger partial charge is 0.244 e. The highest BCUT2D eigenvalue weighted by molar-refractivity contribution is 7.92. The van der Waals surface area contributed by atoms with Crippen molar-refractivity contribution < 1.29 is 22.7 Å². The average Bonchev–Trinajstić information content (AvgIpc) is 2.94. The molecule has 0 aliphatic heterocycles. The van der Waals surface area contributed by atoms with Gasteiger partial charge in [0.15, 0.2) is 0 Å². The third kappa shape index (κ3) is 8.86. The topological polar surface area (TPSA) is 96.0 Å². The summed E-state index contributed by atoms with van der Waals surface area (Å²) in [7, 11) is -2.39. The van der Waals surface area contributed by atoms with E-state index < -0.39 is 28.5 Å². The number of benzene rings is 3. The van der Waals surface area contributed by atoms with Gasteiger partial charge >= 0.3 is 0 Å². The van der Waals surface area contributed by atoms with Crippen molar-refractivity contribution in [3.05, 3.63) is 94.0 Å². The number of rotatable bonds is 13. The fourth-order valence-electron chi connectivity index (χ4n) is 4.21. The standard InChI is InChI=1S/C30H35Cl2N3O5S/c1-5-21(2)33-30(37)28(18-22-10-7-6-8-11-22)34(19-25-26(31)12-9-13-27(25)32)29(36)20-35(41(4,38)39)23-14-16-24(40-3)17-15-23/h6-17,21,28H,5,18-20H2,1-4H3,(H,33,37)/t21-,28-/m0/s1. The first-order chi connectivity index (χ1) is 19.4. The third-order valence-electron chi connectivity index (χ3n) is 6.70. The van der Waals surface area contributed by atoms with Crippen molar-refractivity contribution in [2.75, 3.05) is 24.2 Å². The number of nitrogens with zero attached hydrogens (tertiary/aromatic N) is 2. The van der Waals surface area contributed by atoms with Crippen molar-refractivity contribution in [3.8, 4) is 5.75 Å². The summed E-state index contributed by atoms with van der Waals surface area (Å²) in [4.78, 5) is 29.2. The van der Waals surface area contributed by atoms with Gasteiger partial charge in [-0.2, -0.15) is 0 Å². The Hall–Kier alpha value is -3.27. The maximum atomic E-state index is 14.1. The summed E-state index contributed by atoms with van der Waals surface area (Å²) in [5.74, 6) is -0.425. The lowest BCUT2D eigenvalue weighted by molar-refractivity contribution is -0.140. The van der Waals surface area contributed by atoms with E-state index in [1.165, 1.54) is 12.0 Å². The molecule has 0 bridgehead atoms. The van der Waals surface area contributed by atoms with Crippen molar-refractivity contribution in [2.24, 2.45) is 0 Å². The second-order valence-electron chi connectivity index (χ2n) is 9.71. The van der Waals surface area contributed by atoms with Crippen LogP contribution in [0.2, 0.25) is 10.0 Å². The molecule has 3 rings (SSSR count). The minimum absolute atomic E-state index is 0.108. The Morgan fingerprint density at radius 1 is 0.951 bits per heavy atom. The minimum Gasteiger partial charge on any atom is -0.497 e. The molecule has 220 valence electrons. The Morgan fingerprint density at radius 3 is 2.10 bits per heavy atom. The highest BCUT2D eigenvalue weighted by Crippen LogP contribution is 2.28. The molecular weight excluding hydrogens is 585 g/mol. The predicted molar refractivity (Wildman–Crippen MR) is 164 cm³/mol. The zero-order valence-electron chi connectivity index (χ0n) is 23.5. The molecule has 0 radical (unpaired) electrons. The molecule has 41 heavy (non-hydrogen) atoms. The lowest BCUT2D eigenvalue weighted by atomic mass is 10.0. The van der Waals surface area contributed by atoms with Gasteiger partial charge in [0.1, 0.15) is 18.3 Å². The molecule has 0 aliphatic rings. The number of ether oxygens (including phenoxy) is 1. The summed E-state index contributed by atoms with van der Waals surface area (Å²) >= 11 is 13.0. The fourth-order valence-corrected chi connectivity index (χ4v) is 5.58. The van der Waals surface area contributed by atoms with Crippen LogP contribution in [0.3, 0.4) is 0 Å². The van der Waals surface area contributed by atoms with Crippen molar-refractivity contribution >= 4 is 50.7 Å². The Labute approximate surface area is 252 Å². The zero-order valence-corrected chi connectivity index (χ0v) is 25.8. The minimum atomic E-state index is -3.89. The molecule has 3 aromatic rings. The van der Waals surface area contributed by atoms with Crippen molar-refractivity contribution in [3.63, 3.8) is 0 Å². The fraction of sp³-hybridized carbons (Fsp3) is 0.333. The molecule has 11 heteroatoms. The van der Waals surface area contributed by atoms with Crippen LogP contribution in [-0.4, -0.2) is 57.1 Å². The van der Waals surface area contributed by atoms with Crippen molar-refractivity contribution in [2.45, 2.75) is 45.3 Å². The van der Waals surface area contributed by atoms with Crippen LogP contribution in [0.5, 0.6) is 5.75 Å². The van der Waals surface area contributed by atoms with Crippen LogP contribution in [0.15, 0.2) is 72.8 Å². The summed E-state index contributed by atoms with van der Waals surface area (Å²) in [6, 6.07) is 19.5. The Kier molecular flexibility index (Phi) is 11.5. The molecule has 0 spiro atoms. The molecule has 0 unspecified atom stereocenters. The second kappa shape index (κ2) is 14.6. The van der Waals surface area contributed by atoms with Crippen LogP contribution < -0.4 is 14.4 Å². The highest BCUT2D eigenvalue weighted by atomic mass is 35.5. The normalized spacial score (nSPS) is 12.7. The van der Waals surface area contributed by atoms with E-state index in [9.17, 15) is 18.0 Å². The lowest BCUT2D eigenvalue weighted by Gasteiger charge is -2.34. The molecule has 2 amide bonds. The molecule has 8 nitrogen and oxygen atoms in total. The van der Waals surface area contributed by atoms with E-state index in [1.807, 2.05) is 44.2 Å². The van der Waals surface area contributed by atoms with Crippen LogP contribution in [0.1, 0.15) is 31.4 Å². The summed E-state index contributed by atoms with van der Waals surface area (Å²) in [5, 5.41) is 3.63. The van der Waals surface area contributed by atoms with Gasteiger partial charge in [-0.25, -0.2) is 8.42 Å². The third-order valence-corrected chi connectivity index (χ3v) is 8.55. The van der Waals surface area contributed by atoms with E-state index in [0.29, 0.717) is 27.8 Å². The Bertz CT molecular complexity index is 1420. The van der Waals surface area contributed by atoms with E-state index in [0.717, 1.165) is 16.1 Å². The van der Waals surface area contributed by atoms with E-state index in [4.69, 9.17) is 27.9 Å². The number of halogens is 2. The molecule has 2 atom stereocenters. The quantitative estimate of drug-likeness (QED) is 0.279. The number of hydrogen-bond donors (Lipinski definition) is 1. The van der Waals surface area contributed by atoms with Gasteiger partial charge in [-0.1, -0.05) is 66.5 Å². The number of amides is 2. The molecule has 0 aliphatic carbocycles. The first-order valence-corrected chi connectivity index (χ1v) is 15.7. The summed E-state index contributed by atoms with van der Waals surface area (Å²) in [6.07, 6.45) is 1.91. The van der Waals surface area contributed by atoms with E-state index in [1.54, 1.807) is 42.5 Å². The number of hydrogen-bond acceptors (Lipinski definition) is 5. The van der Waals surface area contributed by atoms with E-state index in [-0.39, 0.29) is 30.6 Å². The Morgan fingerprint density at radius 2 is 1.56 bits per heavy atom. The van der Waals surface area contributed by atoms with Crippen LogP contribution >= 0.6 is 23.2 Å². The van der Waals surface area contributed by atoms with Crippen molar-refractivity contribution in [1.82, 2.24) is 10.2 Å². The van der Waals surface area contributed by atoms with Crippen LogP contribution in [0, 0.1) is 0 Å². The van der Waals surface area contributed by atoms with Gasteiger partial charge < -0.3 is 15.0 Å². The zero-order chi connectivity index (χ0) is 30.2. The summed E-state index contributed by atoms with van der Waals surface area (Å²) < 4.78 is 32.0. The molecule has 0 fully saturated rings. The number of carbonyl (C=O) groups excluding carboxylic acids is 2. The number of sulfonamides is 1. The molecule has 0 saturated carbocycles. The van der Waals surface area contributed by atoms with Gasteiger partial charge in [0.2, 0.25) is 21.8 Å². The maximum absolute atomic E-state index is 14.1. The maximum Gasteiger partial charge on any atom is 0.244 e. The van der Waals surface area contributed by atoms with Gasteiger partial charge in [0, 0.05) is 34.6 Å². The Balaban J connectivity index is 2.09. The number of anilines is 1. The SMILES string of the molecule is CC[C@H](C)NC(=O)[C@H](Cc1ccccc1)N(Cc1c(Cl)cccc1Cl)C(=O)CN(c1ccc(OC)cc1)S(C)(=O)=O. The van der Waals surface area contributed by atoms with Gasteiger partial charge in [0.25, 0.3) is 0 Å². The average molecular weight is 621 g/mol. The van der Waals surface area contributed by atoms with Crippen LogP contribution in [-0.2, 0) is 32.6 Å². The monoisotopic (exact) mass is 619 g/mol. The first-order valence-electron chi connectivity index (χ1n) is 13.1. The number of carbonyl (C=O) groups is 2. The first kappa shape index (κ1) is 32.2. The van der Waals surface area contributed by atoms with Gasteiger partial charge in [-0.15, -0.1) is 0 Å². The molecule has 0 heterocycles. The molecule has 3 aromatic carbocycles. The highest BCUT2D eigenvalue weighted by Gasteiger charge is 2.34. The van der Waals surface area contributed by atoms with E-state index in [2.05, 4.69) is 5.32 Å². The summed E-state index contributed by atoms with van der Waals surface area (Å²) in [6.45, 7) is 3.17. The van der Waals surface area contributed by atoms with E-state index >= 15 is 0 Å². The molecule has 1 N–H and O–H groups in total. The predicted octanol–water partition coefficient (Wildman–Crippen LogP) is 5.32. The lowest BCUT2D eigenvalue weighted by Crippen LogP contribution is -2.54. The molecule has 0 saturated heterocycles. The van der Waals surface area contributed by atoms with Gasteiger partial charge in [-0.05, 0) is 55.3 Å². The van der Waals surface area contributed by atoms with Crippen LogP contribution in [0.25, 0.3) is 0 Å². The largest absolute Gasteiger partial charge is 0.497 e. The second-order valence-corrected chi connectivity index (χ2v) is 12.4.